The lowest BCUT2D eigenvalue weighted by Gasteiger charge is -2.53. The van der Waals surface area contributed by atoms with Crippen LogP contribution in [0.15, 0.2) is 65.4 Å². The molecule has 3 saturated heterocycles. The van der Waals surface area contributed by atoms with Crippen molar-refractivity contribution in [3.8, 4) is 5.75 Å². The fraction of sp³-hybridized carbons (Fsp3) is 0.500. The lowest BCUT2D eigenvalue weighted by molar-refractivity contribution is -0.133. The number of rotatable bonds is 6. The van der Waals surface area contributed by atoms with Gasteiger partial charge < -0.3 is 38.6 Å². The first-order chi connectivity index (χ1) is 22.1. The Kier molecular flexibility index (Phi) is 5.66. The van der Waals surface area contributed by atoms with Crippen molar-refractivity contribution < 1.29 is 48.2 Å². The second-order valence-corrected chi connectivity index (χ2v) is 14.2. The van der Waals surface area contributed by atoms with Crippen LogP contribution in [0.3, 0.4) is 0 Å². The molecule has 0 unspecified atom stereocenters. The van der Waals surface area contributed by atoms with Gasteiger partial charge in [-0.05, 0) is 60.9 Å². The fourth-order valence-electron chi connectivity index (χ4n) is 9.70. The number of epoxide rings is 3. The van der Waals surface area contributed by atoms with Gasteiger partial charge in [0.05, 0.1) is 25.4 Å². The zero-order valence-electron chi connectivity index (χ0n) is 26.1. The number of carbonyl (C=O) groups is 2. The topological polar surface area (TPSA) is 140 Å². The zero-order chi connectivity index (χ0) is 32.0. The molecule has 2 aromatic rings. The van der Waals surface area contributed by atoms with Crippen LogP contribution >= 0.6 is 0 Å². The van der Waals surface area contributed by atoms with Crippen LogP contribution < -0.4 is 4.74 Å². The molecular weight excluding hydrogens is 592 g/mol. The van der Waals surface area contributed by atoms with E-state index in [2.05, 4.69) is 20.8 Å². The number of allylic oxidation sites excluding steroid dienone is 1. The first kappa shape index (κ1) is 28.7. The van der Waals surface area contributed by atoms with Crippen LogP contribution in [0.5, 0.6) is 5.75 Å². The van der Waals surface area contributed by atoms with Crippen LogP contribution in [0, 0.1) is 17.3 Å². The Hall–Kier alpha value is -3.54. The third-order valence-corrected chi connectivity index (χ3v) is 12.2. The highest BCUT2D eigenvalue weighted by Crippen LogP contribution is 2.83. The number of fused-ring (bicyclic) bond motifs is 4. The molecule has 0 bridgehead atoms. The van der Waals surface area contributed by atoms with E-state index in [1.165, 1.54) is 0 Å². The summed E-state index contributed by atoms with van der Waals surface area (Å²) in [5, 5.41) is 21.6. The van der Waals surface area contributed by atoms with E-state index in [0.29, 0.717) is 52.8 Å². The second kappa shape index (κ2) is 9.08. The molecule has 0 amide bonds. The van der Waals surface area contributed by atoms with Crippen molar-refractivity contribution in [3.63, 3.8) is 0 Å². The Morgan fingerprint density at radius 3 is 2.41 bits per heavy atom. The highest BCUT2D eigenvalue weighted by atomic mass is 16.7. The van der Waals surface area contributed by atoms with Crippen LogP contribution in [0.1, 0.15) is 61.5 Å². The van der Waals surface area contributed by atoms with E-state index in [9.17, 15) is 19.8 Å². The molecule has 10 heteroatoms. The average molecular weight is 629 g/mol. The summed E-state index contributed by atoms with van der Waals surface area (Å²) in [5.74, 6) is -0.274. The standard InChI is InChI=1S/C36H36O10/c1-17(2)34-28(45-34)29-36(46-29)33(3)14-13-22-25(23(33)15-24-35(36,44-24)32(34)40)27(43-31(22)39)26(19-7-5-18(16-37)6-8-19)42-30(38)20-9-11-21(41-4)12-10-20/h5-12,17,23-24,28-29,32,37,40H,13-16H2,1-4H3/b27-26+/t23-,24-,28-,29-,32+,33-,34-,35+,36+/m0/s1. The molecule has 3 aliphatic carbocycles. The SMILES string of the molecule is COc1ccc(C(=O)O/C(=C2/OC(=O)C3=C2[C@@H]2C[C@@H]4O[C@@]45[C@H](O)[C@@]4(C(C)C)O[C@H]4[C@@H]4O[C@@]45[C@@]2(C)CC3)c2ccc(CO)cc2)cc1. The van der Waals surface area contributed by atoms with Gasteiger partial charge in [-0.1, -0.05) is 45.0 Å². The molecule has 4 heterocycles. The molecule has 0 aromatic heterocycles. The van der Waals surface area contributed by atoms with Gasteiger partial charge in [0.1, 0.15) is 35.3 Å². The van der Waals surface area contributed by atoms with E-state index in [4.69, 9.17) is 28.4 Å². The summed E-state index contributed by atoms with van der Waals surface area (Å²) in [5.41, 5.74) is -0.0521. The summed E-state index contributed by atoms with van der Waals surface area (Å²) < 4.78 is 37.0. The number of hydrogen-bond acceptors (Lipinski definition) is 10. The molecule has 2 aromatic carbocycles. The lowest BCUT2D eigenvalue weighted by atomic mass is 9.46. The van der Waals surface area contributed by atoms with Crippen LogP contribution in [0.25, 0.3) is 5.76 Å². The predicted molar refractivity (Wildman–Crippen MR) is 160 cm³/mol. The van der Waals surface area contributed by atoms with Crippen molar-refractivity contribution in [1.82, 2.24) is 0 Å². The molecule has 2 N–H and O–H groups in total. The summed E-state index contributed by atoms with van der Waals surface area (Å²) in [6.45, 7) is 6.16. The van der Waals surface area contributed by atoms with Gasteiger partial charge in [-0.2, -0.15) is 0 Å². The Bertz CT molecular complexity index is 1760. The molecule has 46 heavy (non-hydrogen) atoms. The van der Waals surface area contributed by atoms with E-state index in [0.717, 1.165) is 0 Å². The van der Waals surface area contributed by atoms with Crippen molar-refractivity contribution in [2.45, 2.75) is 87.9 Å². The Morgan fingerprint density at radius 1 is 1.02 bits per heavy atom. The van der Waals surface area contributed by atoms with Crippen molar-refractivity contribution in [2.75, 3.05) is 7.11 Å². The van der Waals surface area contributed by atoms with Gasteiger partial charge in [0.25, 0.3) is 0 Å². The maximum Gasteiger partial charge on any atom is 0.343 e. The number of methoxy groups -OCH3 is 1. The maximum absolute atomic E-state index is 13.6. The molecular formula is C36H36O10. The van der Waals surface area contributed by atoms with Gasteiger partial charge in [-0.15, -0.1) is 0 Å². The number of benzene rings is 2. The first-order valence-electron chi connectivity index (χ1n) is 16.0. The van der Waals surface area contributed by atoms with E-state index in [1.807, 2.05) is 0 Å². The Labute approximate surface area is 265 Å². The van der Waals surface area contributed by atoms with E-state index in [1.54, 1.807) is 55.6 Å². The van der Waals surface area contributed by atoms with Gasteiger partial charge >= 0.3 is 11.9 Å². The molecule has 5 fully saturated rings. The van der Waals surface area contributed by atoms with Gasteiger partial charge in [-0.25, -0.2) is 9.59 Å². The molecule has 9 rings (SSSR count). The molecule has 4 aliphatic heterocycles. The lowest BCUT2D eigenvalue weighted by Crippen LogP contribution is -2.69. The van der Waals surface area contributed by atoms with Crippen molar-refractivity contribution in [1.29, 1.82) is 0 Å². The van der Waals surface area contributed by atoms with Crippen LogP contribution in [-0.4, -0.2) is 70.5 Å². The van der Waals surface area contributed by atoms with E-state index in [-0.39, 0.29) is 48.3 Å². The summed E-state index contributed by atoms with van der Waals surface area (Å²) in [4.78, 5) is 27.1. The number of ether oxygens (including phenoxy) is 6. The second-order valence-electron chi connectivity index (χ2n) is 14.2. The van der Waals surface area contributed by atoms with Crippen molar-refractivity contribution in [2.24, 2.45) is 17.3 Å². The normalized spacial score (nSPS) is 41.6. The largest absolute Gasteiger partial charge is 0.497 e. The Balaban J connectivity index is 1.15. The maximum atomic E-state index is 13.6. The van der Waals surface area contributed by atoms with Crippen molar-refractivity contribution >= 4 is 17.7 Å². The summed E-state index contributed by atoms with van der Waals surface area (Å²) in [7, 11) is 1.55. The number of carbonyl (C=O) groups excluding carboxylic acids is 2. The number of esters is 2. The Morgan fingerprint density at radius 2 is 1.74 bits per heavy atom. The van der Waals surface area contributed by atoms with Crippen LogP contribution in [0.2, 0.25) is 0 Å². The van der Waals surface area contributed by atoms with Gasteiger partial charge in [-0.3, -0.25) is 0 Å². The minimum atomic E-state index is -0.866. The van der Waals surface area contributed by atoms with E-state index < -0.39 is 40.3 Å². The summed E-state index contributed by atoms with van der Waals surface area (Å²) in [6, 6.07) is 13.5. The smallest absolute Gasteiger partial charge is 0.343 e. The predicted octanol–water partition coefficient (Wildman–Crippen LogP) is 3.83. The summed E-state index contributed by atoms with van der Waals surface area (Å²) >= 11 is 0. The number of aliphatic hydroxyl groups excluding tert-OH is 2. The number of cyclic esters (lactones) is 1. The highest BCUT2D eigenvalue weighted by Gasteiger charge is 3.00. The molecule has 2 saturated carbocycles. The monoisotopic (exact) mass is 628 g/mol. The molecule has 240 valence electrons. The average Bonchev–Trinajstić information content (AvgIpc) is 3.98. The molecule has 0 radical (unpaired) electrons. The molecule has 9 atom stereocenters. The molecule has 10 nitrogen and oxygen atoms in total. The number of aliphatic hydroxyl groups is 2. The molecule has 2 spiro atoms. The van der Waals surface area contributed by atoms with Gasteiger partial charge in [0.15, 0.2) is 17.1 Å². The molecule has 7 aliphatic rings. The van der Waals surface area contributed by atoms with Crippen LogP contribution in [-0.2, 0) is 35.1 Å². The minimum absolute atomic E-state index is 0.0932. The number of hydrogen-bond donors (Lipinski definition) is 2. The third kappa shape index (κ3) is 3.24. The van der Waals surface area contributed by atoms with Gasteiger partial charge in [0.2, 0.25) is 0 Å². The minimum Gasteiger partial charge on any atom is -0.497 e. The highest BCUT2D eigenvalue weighted by molar-refractivity contribution is 5.99. The fourth-order valence-corrected chi connectivity index (χ4v) is 9.70. The van der Waals surface area contributed by atoms with Crippen molar-refractivity contribution in [3.05, 3.63) is 82.1 Å². The first-order valence-corrected chi connectivity index (χ1v) is 16.0. The third-order valence-electron chi connectivity index (χ3n) is 12.2. The quantitative estimate of drug-likeness (QED) is 0.276. The van der Waals surface area contributed by atoms with E-state index >= 15 is 0 Å². The van der Waals surface area contributed by atoms with Gasteiger partial charge in [0, 0.05) is 22.1 Å². The zero-order valence-corrected chi connectivity index (χ0v) is 26.1. The summed E-state index contributed by atoms with van der Waals surface area (Å²) in [6.07, 6.45) is 0.0886. The van der Waals surface area contributed by atoms with Crippen LogP contribution in [0.4, 0.5) is 0 Å².